The molecule has 13 heavy (non-hydrogen) atoms. The van der Waals surface area contributed by atoms with Crippen molar-refractivity contribution < 1.29 is 9.84 Å². The Kier molecular flexibility index (Phi) is 3.77. The van der Waals surface area contributed by atoms with E-state index in [1.165, 1.54) is 0 Å². The third-order valence-corrected chi connectivity index (χ3v) is 2.08. The standard InChI is InChI=1S/C11H16O2/c1-9(10(2)12)8-13-11-6-4-3-5-7-11/h3-7,9-10,12H,8H2,1-2H3. The van der Waals surface area contributed by atoms with Crippen LogP contribution < -0.4 is 4.74 Å². The summed E-state index contributed by atoms with van der Waals surface area (Å²) < 4.78 is 5.47. The quantitative estimate of drug-likeness (QED) is 0.768. The summed E-state index contributed by atoms with van der Waals surface area (Å²) in [6, 6.07) is 9.64. The van der Waals surface area contributed by atoms with Gasteiger partial charge in [0.1, 0.15) is 5.75 Å². The van der Waals surface area contributed by atoms with Crippen molar-refractivity contribution in [2.75, 3.05) is 6.61 Å². The first kappa shape index (κ1) is 10.1. The predicted octanol–water partition coefficient (Wildman–Crippen LogP) is 2.08. The summed E-state index contributed by atoms with van der Waals surface area (Å²) in [5.41, 5.74) is 0. The van der Waals surface area contributed by atoms with Crippen LogP contribution in [-0.2, 0) is 0 Å². The van der Waals surface area contributed by atoms with Gasteiger partial charge in [-0.15, -0.1) is 0 Å². The van der Waals surface area contributed by atoms with Crippen LogP contribution in [0, 0.1) is 5.92 Å². The van der Waals surface area contributed by atoms with Gasteiger partial charge in [0, 0.05) is 5.92 Å². The molecule has 1 aromatic carbocycles. The van der Waals surface area contributed by atoms with E-state index in [0.29, 0.717) is 6.61 Å². The van der Waals surface area contributed by atoms with Crippen molar-refractivity contribution >= 4 is 0 Å². The first-order chi connectivity index (χ1) is 6.20. The summed E-state index contributed by atoms with van der Waals surface area (Å²) in [6.45, 7) is 4.30. The monoisotopic (exact) mass is 180 g/mol. The van der Waals surface area contributed by atoms with Gasteiger partial charge >= 0.3 is 0 Å². The molecule has 2 atom stereocenters. The summed E-state index contributed by atoms with van der Waals surface area (Å²) in [6.07, 6.45) is -0.316. The lowest BCUT2D eigenvalue weighted by Crippen LogP contribution is -2.20. The van der Waals surface area contributed by atoms with Crippen LogP contribution in [0.4, 0.5) is 0 Å². The number of aliphatic hydroxyl groups is 1. The molecule has 72 valence electrons. The zero-order valence-corrected chi connectivity index (χ0v) is 8.10. The molecule has 0 aliphatic heterocycles. The Hall–Kier alpha value is -1.02. The average Bonchev–Trinajstić information content (AvgIpc) is 2.15. The summed E-state index contributed by atoms with van der Waals surface area (Å²) in [7, 11) is 0. The van der Waals surface area contributed by atoms with Gasteiger partial charge in [0.25, 0.3) is 0 Å². The van der Waals surface area contributed by atoms with Crippen molar-refractivity contribution in [2.45, 2.75) is 20.0 Å². The van der Waals surface area contributed by atoms with E-state index in [1.54, 1.807) is 6.92 Å². The van der Waals surface area contributed by atoms with Gasteiger partial charge < -0.3 is 9.84 Å². The molecule has 1 aromatic rings. The molecular formula is C11H16O2. The van der Waals surface area contributed by atoms with Gasteiger partial charge in [-0.25, -0.2) is 0 Å². The van der Waals surface area contributed by atoms with Gasteiger partial charge in [-0.2, -0.15) is 0 Å². The molecule has 0 aliphatic carbocycles. The normalized spacial score (nSPS) is 15.0. The zero-order valence-electron chi connectivity index (χ0n) is 8.10. The minimum atomic E-state index is -0.316. The van der Waals surface area contributed by atoms with Crippen LogP contribution in [0.25, 0.3) is 0 Å². The van der Waals surface area contributed by atoms with Crippen molar-refractivity contribution in [1.29, 1.82) is 0 Å². The van der Waals surface area contributed by atoms with E-state index in [-0.39, 0.29) is 12.0 Å². The minimum absolute atomic E-state index is 0.167. The van der Waals surface area contributed by atoms with Gasteiger partial charge in [-0.1, -0.05) is 25.1 Å². The molecule has 0 aliphatic rings. The van der Waals surface area contributed by atoms with Gasteiger partial charge in [-0.3, -0.25) is 0 Å². The molecule has 0 saturated heterocycles. The maximum atomic E-state index is 9.22. The van der Waals surface area contributed by atoms with E-state index < -0.39 is 0 Å². The van der Waals surface area contributed by atoms with Gasteiger partial charge in [0.2, 0.25) is 0 Å². The fourth-order valence-corrected chi connectivity index (χ4v) is 0.884. The summed E-state index contributed by atoms with van der Waals surface area (Å²) in [5, 5.41) is 9.22. The van der Waals surface area contributed by atoms with Crippen LogP contribution in [0.3, 0.4) is 0 Å². The third kappa shape index (κ3) is 3.47. The van der Waals surface area contributed by atoms with Crippen molar-refractivity contribution in [3.63, 3.8) is 0 Å². The van der Waals surface area contributed by atoms with E-state index in [2.05, 4.69) is 0 Å². The number of benzene rings is 1. The van der Waals surface area contributed by atoms with Crippen molar-refractivity contribution in [3.05, 3.63) is 30.3 Å². The third-order valence-electron chi connectivity index (χ3n) is 2.08. The van der Waals surface area contributed by atoms with Crippen molar-refractivity contribution in [3.8, 4) is 5.75 Å². The number of para-hydroxylation sites is 1. The Morgan fingerprint density at radius 3 is 2.38 bits per heavy atom. The fraction of sp³-hybridized carbons (Fsp3) is 0.455. The molecule has 0 heterocycles. The molecule has 0 fully saturated rings. The Morgan fingerprint density at radius 2 is 1.85 bits per heavy atom. The zero-order chi connectivity index (χ0) is 9.68. The topological polar surface area (TPSA) is 29.5 Å². The lowest BCUT2D eigenvalue weighted by Gasteiger charge is -2.15. The lowest BCUT2D eigenvalue weighted by atomic mass is 10.1. The summed E-state index contributed by atoms with van der Waals surface area (Å²) in [5.74, 6) is 1.02. The van der Waals surface area contributed by atoms with Gasteiger partial charge in [0.15, 0.2) is 0 Å². The summed E-state index contributed by atoms with van der Waals surface area (Å²) >= 11 is 0. The first-order valence-electron chi connectivity index (χ1n) is 4.56. The molecule has 2 unspecified atom stereocenters. The molecule has 1 rings (SSSR count). The molecule has 2 nitrogen and oxygen atoms in total. The Bertz CT molecular complexity index is 231. The van der Waals surface area contributed by atoms with Crippen molar-refractivity contribution in [2.24, 2.45) is 5.92 Å². The average molecular weight is 180 g/mol. The van der Waals surface area contributed by atoms with Crippen LogP contribution in [0.1, 0.15) is 13.8 Å². The van der Waals surface area contributed by atoms with Gasteiger partial charge in [0.05, 0.1) is 12.7 Å². The molecule has 0 bridgehead atoms. The summed E-state index contributed by atoms with van der Waals surface area (Å²) in [4.78, 5) is 0. The maximum Gasteiger partial charge on any atom is 0.119 e. The van der Waals surface area contributed by atoms with Gasteiger partial charge in [-0.05, 0) is 19.1 Å². The van der Waals surface area contributed by atoms with Crippen LogP contribution in [0.5, 0.6) is 5.75 Å². The second kappa shape index (κ2) is 4.87. The number of rotatable bonds is 4. The molecule has 1 N–H and O–H groups in total. The molecule has 0 amide bonds. The highest BCUT2D eigenvalue weighted by Crippen LogP contribution is 2.11. The molecule has 0 radical (unpaired) electrons. The molecule has 0 aromatic heterocycles. The lowest BCUT2D eigenvalue weighted by molar-refractivity contribution is 0.0992. The van der Waals surface area contributed by atoms with Crippen LogP contribution in [0.2, 0.25) is 0 Å². The molecule has 2 heteroatoms. The Labute approximate surface area is 79.2 Å². The Morgan fingerprint density at radius 1 is 1.23 bits per heavy atom. The van der Waals surface area contributed by atoms with Crippen molar-refractivity contribution in [1.82, 2.24) is 0 Å². The molecule has 0 spiro atoms. The number of ether oxygens (including phenoxy) is 1. The number of hydrogen-bond donors (Lipinski definition) is 1. The largest absolute Gasteiger partial charge is 0.493 e. The van der Waals surface area contributed by atoms with E-state index in [4.69, 9.17) is 4.74 Å². The highest BCUT2D eigenvalue weighted by Gasteiger charge is 2.08. The maximum absolute atomic E-state index is 9.22. The van der Waals surface area contributed by atoms with Crippen LogP contribution in [0.15, 0.2) is 30.3 Å². The second-order valence-electron chi connectivity index (χ2n) is 3.34. The Balaban J connectivity index is 2.35. The minimum Gasteiger partial charge on any atom is -0.493 e. The molecule has 0 saturated carbocycles. The smallest absolute Gasteiger partial charge is 0.119 e. The van der Waals surface area contributed by atoms with E-state index in [9.17, 15) is 5.11 Å². The van der Waals surface area contributed by atoms with E-state index in [1.807, 2.05) is 37.3 Å². The number of aliphatic hydroxyl groups excluding tert-OH is 1. The van der Waals surface area contributed by atoms with Crippen LogP contribution >= 0.6 is 0 Å². The second-order valence-corrected chi connectivity index (χ2v) is 3.34. The highest BCUT2D eigenvalue weighted by molar-refractivity contribution is 5.20. The van der Waals surface area contributed by atoms with E-state index in [0.717, 1.165) is 5.75 Å². The highest BCUT2D eigenvalue weighted by atomic mass is 16.5. The SMILES string of the molecule is CC(O)C(C)COc1ccccc1. The van der Waals surface area contributed by atoms with Crippen LogP contribution in [-0.4, -0.2) is 17.8 Å². The van der Waals surface area contributed by atoms with E-state index >= 15 is 0 Å². The number of hydrogen-bond acceptors (Lipinski definition) is 2. The molecular weight excluding hydrogens is 164 g/mol. The fourth-order valence-electron chi connectivity index (χ4n) is 0.884. The predicted molar refractivity (Wildman–Crippen MR) is 52.8 cm³/mol. The first-order valence-corrected chi connectivity index (χ1v) is 4.56.